The lowest BCUT2D eigenvalue weighted by molar-refractivity contribution is -0.182. The summed E-state index contributed by atoms with van der Waals surface area (Å²) in [6, 6.07) is 8.08. The number of aliphatic hydroxyl groups is 1. The van der Waals surface area contributed by atoms with Crippen molar-refractivity contribution in [3.63, 3.8) is 0 Å². The zero-order chi connectivity index (χ0) is 28.2. The van der Waals surface area contributed by atoms with Crippen LogP contribution in [0.3, 0.4) is 0 Å². The average Bonchev–Trinajstić information content (AvgIpc) is 3.28. The van der Waals surface area contributed by atoms with Crippen molar-refractivity contribution in [1.29, 1.82) is 0 Å². The van der Waals surface area contributed by atoms with Crippen LogP contribution in [0.2, 0.25) is 0 Å². The van der Waals surface area contributed by atoms with Gasteiger partial charge < -0.3 is 5.11 Å². The molecular formula is C33H51NO4S. The van der Waals surface area contributed by atoms with Gasteiger partial charge in [-0.25, -0.2) is 13.1 Å². The van der Waals surface area contributed by atoms with Gasteiger partial charge in [-0.3, -0.25) is 4.79 Å². The summed E-state index contributed by atoms with van der Waals surface area (Å²) in [7, 11) is -3.88. The fraction of sp³-hybridized carbons (Fsp3) is 0.788. The molecule has 4 aliphatic carbocycles. The van der Waals surface area contributed by atoms with Crippen LogP contribution in [0.4, 0.5) is 0 Å². The minimum Gasteiger partial charge on any atom is -0.393 e. The lowest BCUT2D eigenvalue weighted by atomic mass is 9.42. The first kappa shape index (κ1) is 29.1. The Morgan fingerprint density at radius 3 is 2.44 bits per heavy atom. The summed E-state index contributed by atoms with van der Waals surface area (Å²) >= 11 is 0. The summed E-state index contributed by atoms with van der Waals surface area (Å²) < 4.78 is 27.7. The number of aliphatic hydroxyl groups excluding tert-OH is 1. The van der Waals surface area contributed by atoms with Crippen LogP contribution in [0.5, 0.6) is 0 Å². The van der Waals surface area contributed by atoms with E-state index in [1.54, 1.807) is 18.2 Å². The molecule has 1 aromatic carbocycles. The van der Waals surface area contributed by atoms with Crippen molar-refractivity contribution >= 4 is 15.9 Å². The molecule has 3 unspecified atom stereocenters. The SMILES string of the molecule is CC[C@H]1CC2C3CC[C@H]([C@H](C)C[C@H](C)C(=O)NS(=O)(=O)c4ccccc4)[C@@]3(C)[C@@H](O)CC2[C@@]2(C)CCCC[C@@H]12. The largest absolute Gasteiger partial charge is 0.393 e. The van der Waals surface area contributed by atoms with E-state index in [0.29, 0.717) is 35.5 Å². The Hall–Kier alpha value is -1.40. The van der Waals surface area contributed by atoms with Crippen LogP contribution < -0.4 is 4.72 Å². The maximum Gasteiger partial charge on any atom is 0.264 e. The van der Waals surface area contributed by atoms with E-state index in [1.165, 1.54) is 57.1 Å². The van der Waals surface area contributed by atoms with Crippen molar-refractivity contribution in [1.82, 2.24) is 4.72 Å². The molecule has 6 heteroatoms. The summed E-state index contributed by atoms with van der Waals surface area (Å²) in [5.74, 6) is 3.19. The first-order chi connectivity index (χ1) is 18.4. The van der Waals surface area contributed by atoms with E-state index in [-0.39, 0.29) is 22.3 Å². The highest BCUT2D eigenvalue weighted by atomic mass is 32.2. The van der Waals surface area contributed by atoms with Crippen molar-refractivity contribution in [2.45, 2.75) is 110 Å². The third-order valence-electron chi connectivity index (χ3n) is 12.6. The van der Waals surface area contributed by atoms with Crippen LogP contribution >= 0.6 is 0 Å². The Balaban J connectivity index is 1.30. The van der Waals surface area contributed by atoms with Crippen molar-refractivity contribution in [2.75, 3.05) is 0 Å². The van der Waals surface area contributed by atoms with Crippen LogP contribution in [-0.4, -0.2) is 25.5 Å². The lowest BCUT2D eigenvalue weighted by Gasteiger charge is -2.64. The zero-order valence-corrected chi connectivity index (χ0v) is 25.6. The normalized spacial score (nSPS) is 41.5. The Morgan fingerprint density at radius 2 is 1.74 bits per heavy atom. The fourth-order valence-corrected chi connectivity index (χ4v) is 11.8. The molecule has 0 heterocycles. The van der Waals surface area contributed by atoms with Gasteiger partial charge in [-0.05, 0) is 109 Å². The Kier molecular flexibility index (Phi) is 8.04. The predicted octanol–water partition coefficient (Wildman–Crippen LogP) is 6.81. The molecule has 2 N–H and O–H groups in total. The molecule has 5 nitrogen and oxygen atoms in total. The van der Waals surface area contributed by atoms with Crippen LogP contribution in [-0.2, 0) is 14.8 Å². The van der Waals surface area contributed by atoms with E-state index in [2.05, 4.69) is 32.4 Å². The lowest BCUT2D eigenvalue weighted by Crippen LogP contribution is -2.59. The molecule has 0 spiro atoms. The molecular weight excluding hydrogens is 506 g/mol. The van der Waals surface area contributed by atoms with E-state index in [1.807, 2.05) is 6.92 Å². The van der Waals surface area contributed by atoms with Gasteiger partial charge in [0.15, 0.2) is 0 Å². The van der Waals surface area contributed by atoms with Gasteiger partial charge >= 0.3 is 0 Å². The topological polar surface area (TPSA) is 83.5 Å². The van der Waals surface area contributed by atoms with Gasteiger partial charge in [-0.15, -0.1) is 0 Å². The molecule has 4 saturated carbocycles. The number of hydrogen-bond donors (Lipinski definition) is 2. The van der Waals surface area contributed by atoms with Crippen LogP contribution in [0.25, 0.3) is 0 Å². The number of fused-ring (bicyclic) bond motifs is 5. The molecule has 0 radical (unpaired) electrons. The monoisotopic (exact) mass is 557 g/mol. The molecule has 1 aromatic rings. The zero-order valence-electron chi connectivity index (χ0n) is 24.7. The highest BCUT2D eigenvalue weighted by molar-refractivity contribution is 7.90. The van der Waals surface area contributed by atoms with E-state index in [4.69, 9.17) is 0 Å². The number of benzene rings is 1. The van der Waals surface area contributed by atoms with Crippen LogP contribution in [0.1, 0.15) is 98.8 Å². The van der Waals surface area contributed by atoms with Crippen molar-refractivity contribution in [3.05, 3.63) is 30.3 Å². The third-order valence-corrected chi connectivity index (χ3v) is 14.0. The molecule has 1 amide bonds. The molecule has 218 valence electrons. The molecule has 4 aliphatic rings. The average molecular weight is 558 g/mol. The first-order valence-corrected chi connectivity index (χ1v) is 17.2. The Labute approximate surface area is 237 Å². The second kappa shape index (κ2) is 10.8. The maximum atomic E-state index is 13.0. The van der Waals surface area contributed by atoms with Gasteiger partial charge in [0.05, 0.1) is 11.0 Å². The van der Waals surface area contributed by atoms with Gasteiger partial charge in [0.2, 0.25) is 5.91 Å². The number of carbonyl (C=O) groups excluding carboxylic acids is 1. The van der Waals surface area contributed by atoms with E-state index >= 15 is 0 Å². The predicted molar refractivity (Wildman–Crippen MR) is 155 cm³/mol. The summed E-state index contributed by atoms with van der Waals surface area (Å²) in [6.07, 6.45) is 11.5. The highest BCUT2D eigenvalue weighted by Gasteiger charge is 2.64. The number of carbonyl (C=O) groups is 1. The molecule has 0 aromatic heterocycles. The summed E-state index contributed by atoms with van der Waals surface area (Å²) in [4.78, 5) is 13.1. The first-order valence-electron chi connectivity index (χ1n) is 15.7. The molecule has 0 saturated heterocycles. The maximum absolute atomic E-state index is 13.0. The second-order valence-electron chi connectivity index (χ2n) is 14.3. The standard InChI is InChI=1S/C33H51NO4S/c1-6-23-19-25-28-16-15-26(33(28,5)30(35)20-29(25)32(4)17-11-10-14-27(23)32)21(2)18-22(3)31(36)34-39(37,38)24-12-8-7-9-13-24/h7-9,12-13,21-23,25-30,35H,6,10-11,14-20H2,1-5H3,(H,34,36)/t21-,22+,23+,25?,26-,27+,28?,29?,30+,32+,33-/m1/s1. The molecule has 4 fully saturated rings. The number of sulfonamides is 1. The van der Waals surface area contributed by atoms with E-state index in [0.717, 1.165) is 24.7 Å². The van der Waals surface area contributed by atoms with Gasteiger partial charge in [0, 0.05) is 5.92 Å². The fourth-order valence-electron chi connectivity index (χ4n) is 10.7. The molecule has 39 heavy (non-hydrogen) atoms. The summed E-state index contributed by atoms with van der Waals surface area (Å²) in [5, 5.41) is 11.9. The minimum absolute atomic E-state index is 0.108. The van der Waals surface area contributed by atoms with Gasteiger partial charge in [-0.1, -0.05) is 72.1 Å². The van der Waals surface area contributed by atoms with E-state index < -0.39 is 21.8 Å². The smallest absolute Gasteiger partial charge is 0.264 e. The van der Waals surface area contributed by atoms with Crippen LogP contribution in [0.15, 0.2) is 35.2 Å². The number of rotatable bonds is 7. The Bertz CT molecular complexity index is 1140. The van der Waals surface area contributed by atoms with Gasteiger partial charge in [0.1, 0.15) is 0 Å². The number of amides is 1. The number of nitrogens with one attached hydrogen (secondary N) is 1. The van der Waals surface area contributed by atoms with Crippen LogP contribution in [0, 0.1) is 58.2 Å². The van der Waals surface area contributed by atoms with Gasteiger partial charge in [0.25, 0.3) is 10.0 Å². The molecule has 11 atom stereocenters. The third kappa shape index (κ3) is 4.90. The quantitative estimate of drug-likeness (QED) is 0.386. The molecule has 5 rings (SSSR count). The molecule has 0 aliphatic heterocycles. The van der Waals surface area contributed by atoms with Crippen molar-refractivity contribution in [3.8, 4) is 0 Å². The summed E-state index contributed by atoms with van der Waals surface area (Å²) in [6.45, 7) is 11.4. The number of hydrogen-bond acceptors (Lipinski definition) is 4. The van der Waals surface area contributed by atoms with Crippen molar-refractivity contribution in [2.24, 2.45) is 58.2 Å². The molecule has 0 bridgehead atoms. The highest BCUT2D eigenvalue weighted by Crippen LogP contribution is 2.69. The van der Waals surface area contributed by atoms with Crippen molar-refractivity contribution < 1.29 is 18.3 Å². The Morgan fingerprint density at radius 1 is 1.03 bits per heavy atom. The van der Waals surface area contributed by atoms with E-state index in [9.17, 15) is 18.3 Å². The second-order valence-corrected chi connectivity index (χ2v) is 16.0. The minimum atomic E-state index is -3.88. The van der Waals surface area contributed by atoms with Gasteiger partial charge in [-0.2, -0.15) is 0 Å². The summed E-state index contributed by atoms with van der Waals surface area (Å²) in [5.41, 5.74) is 0.230.